The van der Waals surface area contributed by atoms with E-state index in [1.165, 1.54) is 12.5 Å². The average molecular weight is 422 g/mol. The number of pyridine rings is 1. The average Bonchev–Trinajstić information content (AvgIpc) is 2.74. The molecule has 2 heterocycles. The lowest BCUT2D eigenvalue weighted by Crippen LogP contribution is -2.61. The first kappa shape index (κ1) is 22.3. The molecule has 0 spiro atoms. The highest BCUT2D eigenvalue weighted by Gasteiger charge is 2.39. The van der Waals surface area contributed by atoms with E-state index in [-0.39, 0.29) is 6.04 Å². The van der Waals surface area contributed by atoms with Crippen LogP contribution in [-0.4, -0.2) is 58.4 Å². The lowest BCUT2D eigenvalue weighted by molar-refractivity contribution is -0.137. The third kappa shape index (κ3) is 4.69. The first-order chi connectivity index (χ1) is 14.1. The van der Waals surface area contributed by atoms with Gasteiger partial charge < -0.3 is 4.90 Å². The Kier molecular flexibility index (Phi) is 6.56. The van der Waals surface area contributed by atoms with Crippen molar-refractivity contribution in [3.63, 3.8) is 0 Å². The lowest BCUT2D eigenvalue weighted by atomic mass is 9.91. The molecule has 1 aromatic heterocycles. The van der Waals surface area contributed by atoms with Gasteiger partial charge in [0.15, 0.2) is 6.19 Å². The smallest absolute Gasteiger partial charge is 0.354 e. The Bertz CT molecular complexity index is 769. The molecule has 1 aliphatic heterocycles. The van der Waals surface area contributed by atoms with E-state index in [1.807, 2.05) is 18.7 Å². The van der Waals surface area contributed by atoms with Crippen LogP contribution in [0.25, 0.3) is 0 Å². The van der Waals surface area contributed by atoms with Crippen LogP contribution in [0.2, 0.25) is 0 Å². The third-order valence-corrected chi connectivity index (χ3v) is 6.34. The van der Waals surface area contributed by atoms with E-state index >= 15 is 0 Å². The minimum Gasteiger partial charge on any atom is -0.354 e. The highest BCUT2D eigenvalue weighted by atomic mass is 19.4. The van der Waals surface area contributed by atoms with Crippen LogP contribution in [0, 0.1) is 16.9 Å². The first-order valence-electron chi connectivity index (χ1n) is 10.5. The molecular formula is C21H29F3N6. The Morgan fingerprint density at radius 2 is 1.77 bits per heavy atom. The zero-order valence-electron chi connectivity index (χ0n) is 17.5. The van der Waals surface area contributed by atoms with Crippen molar-refractivity contribution in [2.75, 3.05) is 31.1 Å². The second kappa shape index (κ2) is 8.80. The van der Waals surface area contributed by atoms with Crippen molar-refractivity contribution >= 4 is 11.7 Å². The number of hydrogen-bond acceptors (Lipinski definition) is 5. The molecule has 3 rings (SSSR count). The molecule has 30 heavy (non-hydrogen) atoms. The fraction of sp³-hybridized carbons (Fsp3) is 0.667. The molecule has 1 N–H and O–H groups in total. The number of alkyl halides is 3. The van der Waals surface area contributed by atoms with Crippen LogP contribution < -0.4 is 4.90 Å². The molecule has 2 fully saturated rings. The SMILES string of the molecule is CC(C)(C(=N)N(C#N)C1CCCCC1)N1CCN(c2ccc(C(F)(F)F)cn2)CC1. The van der Waals surface area contributed by atoms with Crippen LogP contribution in [0.4, 0.5) is 19.0 Å². The van der Waals surface area contributed by atoms with Crippen LogP contribution in [0.3, 0.4) is 0 Å². The number of aromatic nitrogens is 1. The van der Waals surface area contributed by atoms with E-state index in [9.17, 15) is 18.4 Å². The Morgan fingerprint density at radius 1 is 1.13 bits per heavy atom. The van der Waals surface area contributed by atoms with Crippen molar-refractivity contribution in [2.45, 2.75) is 63.7 Å². The predicted molar refractivity (Wildman–Crippen MR) is 109 cm³/mol. The van der Waals surface area contributed by atoms with Crippen LogP contribution >= 0.6 is 0 Å². The number of halogens is 3. The molecule has 9 heteroatoms. The largest absolute Gasteiger partial charge is 0.417 e. The van der Waals surface area contributed by atoms with Crippen LogP contribution in [0.15, 0.2) is 18.3 Å². The van der Waals surface area contributed by atoms with E-state index in [4.69, 9.17) is 5.41 Å². The quantitative estimate of drug-likeness (QED) is 0.342. The van der Waals surface area contributed by atoms with Crippen LogP contribution in [-0.2, 0) is 6.18 Å². The van der Waals surface area contributed by atoms with Gasteiger partial charge in [-0.1, -0.05) is 19.3 Å². The molecule has 0 amide bonds. The molecule has 0 bridgehead atoms. The molecule has 0 radical (unpaired) electrons. The molecular weight excluding hydrogens is 393 g/mol. The zero-order valence-corrected chi connectivity index (χ0v) is 17.5. The van der Waals surface area contributed by atoms with Gasteiger partial charge in [0.25, 0.3) is 0 Å². The van der Waals surface area contributed by atoms with Gasteiger partial charge >= 0.3 is 6.18 Å². The van der Waals surface area contributed by atoms with Crippen molar-refractivity contribution in [3.8, 4) is 6.19 Å². The van der Waals surface area contributed by atoms with Gasteiger partial charge in [0.1, 0.15) is 11.7 Å². The molecule has 0 unspecified atom stereocenters. The van der Waals surface area contributed by atoms with Gasteiger partial charge in [0.05, 0.1) is 11.1 Å². The van der Waals surface area contributed by atoms with Crippen LogP contribution in [0.1, 0.15) is 51.5 Å². The Morgan fingerprint density at radius 3 is 2.27 bits per heavy atom. The molecule has 1 saturated carbocycles. The maximum atomic E-state index is 12.7. The van der Waals surface area contributed by atoms with Crippen molar-refractivity contribution in [1.82, 2.24) is 14.8 Å². The molecule has 164 valence electrons. The van der Waals surface area contributed by atoms with Crippen molar-refractivity contribution in [1.29, 1.82) is 10.7 Å². The van der Waals surface area contributed by atoms with Gasteiger partial charge in [-0.2, -0.15) is 18.4 Å². The van der Waals surface area contributed by atoms with Gasteiger partial charge in [-0.3, -0.25) is 15.2 Å². The number of anilines is 1. The van der Waals surface area contributed by atoms with Gasteiger partial charge in [-0.25, -0.2) is 4.98 Å². The molecule has 0 atom stereocenters. The Balaban J connectivity index is 1.62. The minimum atomic E-state index is -4.39. The number of piperazine rings is 1. The summed E-state index contributed by atoms with van der Waals surface area (Å²) >= 11 is 0. The Labute approximate surface area is 175 Å². The zero-order chi connectivity index (χ0) is 21.9. The number of rotatable bonds is 4. The number of nitrogens with one attached hydrogen (secondary N) is 1. The van der Waals surface area contributed by atoms with Gasteiger partial charge in [-0.15, -0.1) is 0 Å². The molecule has 6 nitrogen and oxygen atoms in total. The number of hydrogen-bond donors (Lipinski definition) is 1. The highest BCUT2D eigenvalue weighted by molar-refractivity contribution is 5.89. The summed E-state index contributed by atoms with van der Waals surface area (Å²) in [5, 5.41) is 18.4. The van der Waals surface area contributed by atoms with E-state index in [0.29, 0.717) is 37.8 Å². The second-order valence-electron chi connectivity index (χ2n) is 8.55. The minimum absolute atomic E-state index is 0.105. The number of amidine groups is 1. The van der Waals surface area contributed by atoms with Crippen molar-refractivity contribution < 1.29 is 13.2 Å². The molecule has 2 aliphatic rings. The molecule has 0 aromatic carbocycles. The van der Waals surface area contributed by atoms with Gasteiger partial charge in [-0.05, 0) is 38.8 Å². The number of nitrogens with zero attached hydrogens (tertiary/aromatic N) is 5. The first-order valence-corrected chi connectivity index (χ1v) is 10.5. The fourth-order valence-corrected chi connectivity index (χ4v) is 4.33. The summed E-state index contributed by atoms with van der Waals surface area (Å²) in [4.78, 5) is 9.70. The second-order valence-corrected chi connectivity index (χ2v) is 8.55. The van der Waals surface area contributed by atoms with Gasteiger partial charge in [0, 0.05) is 38.4 Å². The van der Waals surface area contributed by atoms with E-state index in [0.717, 1.165) is 37.9 Å². The summed E-state index contributed by atoms with van der Waals surface area (Å²) in [7, 11) is 0. The summed E-state index contributed by atoms with van der Waals surface area (Å²) in [6.45, 7) is 6.42. The summed E-state index contributed by atoms with van der Waals surface area (Å²) in [6.07, 6.45) is 3.98. The van der Waals surface area contributed by atoms with Gasteiger partial charge in [0.2, 0.25) is 0 Å². The standard InChI is InChI=1S/C21H29F3N6/c1-20(2,19(26)30(15-25)17-6-4-3-5-7-17)29-12-10-28(11-13-29)18-9-8-16(14-27-18)21(22,23)24/h8-9,14,17,26H,3-7,10-13H2,1-2H3. The topological polar surface area (TPSA) is 70.2 Å². The van der Waals surface area contributed by atoms with Crippen molar-refractivity contribution in [3.05, 3.63) is 23.9 Å². The lowest BCUT2D eigenvalue weighted by Gasteiger charge is -2.46. The summed E-state index contributed by atoms with van der Waals surface area (Å²) in [5.41, 5.74) is -1.36. The summed E-state index contributed by atoms with van der Waals surface area (Å²) in [5.74, 6) is 0.842. The number of nitriles is 1. The third-order valence-electron chi connectivity index (χ3n) is 6.34. The van der Waals surface area contributed by atoms with Crippen LogP contribution in [0.5, 0.6) is 0 Å². The molecule has 1 saturated heterocycles. The molecule has 1 aromatic rings. The monoisotopic (exact) mass is 422 g/mol. The maximum absolute atomic E-state index is 12.7. The summed E-state index contributed by atoms with van der Waals surface area (Å²) < 4.78 is 38.2. The fourth-order valence-electron chi connectivity index (χ4n) is 4.33. The normalized spacial score (nSPS) is 19.4. The molecule has 1 aliphatic carbocycles. The van der Waals surface area contributed by atoms with E-state index in [2.05, 4.69) is 16.1 Å². The van der Waals surface area contributed by atoms with Crippen molar-refractivity contribution in [2.24, 2.45) is 0 Å². The maximum Gasteiger partial charge on any atom is 0.417 e. The van der Waals surface area contributed by atoms with E-state index < -0.39 is 17.3 Å². The highest BCUT2D eigenvalue weighted by Crippen LogP contribution is 2.30. The predicted octanol–water partition coefficient (Wildman–Crippen LogP) is 4.09. The summed E-state index contributed by atoms with van der Waals surface area (Å²) in [6, 6.07) is 2.57. The Hall–Kier alpha value is -2.34. The van der Waals surface area contributed by atoms with E-state index in [1.54, 1.807) is 4.90 Å².